The standard InChI is InChI=1S/C25H31ClFN9O2/c1-14-18(36-13-20(32-33-36)30-21(37)6-7-28)4-5-19(35-10-8-34(3)9-11-35)24(14)31-25(38)16-12-17(29)23(27)15(2)22(16)26/h4-5,12-13H,6-11,28-29H2,1-3H3,(H,30,37)(H,31,38). The van der Waals surface area contributed by atoms with E-state index in [2.05, 4.69) is 37.8 Å². The van der Waals surface area contributed by atoms with Crippen LogP contribution in [-0.2, 0) is 4.79 Å². The van der Waals surface area contributed by atoms with E-state index in [-0.39, 0.29) is 46.5 Å². The van der Waals surface area contributed by atoms with Gasteiger partial charge in [0.1, 0.15) is 0 Å². The zero-order valence-electron chi connectivity index (χ0n) is 21.5. The molecule has 0 bridgehead atoms. The third kappa shape index (κ3) is 5.57. The van der Waals surface area contributed by atoms with Crippen molar-refractivity contribution in [2.75, 3.05) is 61.0 Å². The molecule has 4 rings (SSSR count). The van der Waals surface area contributed by atoms with Gasteiger partial charge in [0.05, 0.1) is 39.5 Å². The number of amides is 2. The van der Waals surface area contributed by atoms with E-state index in [4.69, 9.17) is 23.1 Å². The minimum Gasteiger partial charge on any atom is -0.396 e. The second-order valence-corrected chi connectivity index (χ2v) is 9.63. The highest BCUT2D eigenvalue weighted by Crippen LogP contribution is 2.36. The molecule has 1 aliphatic heterocycles. The number of benzene rings is 2. The summed E-state index contributed by atoms with van der Waals surface area (Å²) in [6, 6.07) is 5.03. The largest absolute Gasteiger partial charge is 0.396 e. The number of carbonyl (C=O) groups excluding carboxylic acids is 2. The summed E-state index contributed by atoms with van der Waals surface area (Å²) in [5.74, 6) is -1.15. The van der Waals surface area contributed by atoms with E-state index in [1.54, 1.807) is 6.20 Å². The second kappa shape index (κ2) is 11.3. The van der Waals surface area contributed by atoms with Crippen molar-refractivity contribution in [2.24, 2.45) is 5.73 Å². The van der Waals surface area contributed by atoms with Crippen molar-refractivity contribution >= 4 is 46.3 Å². The Hall–Kier alpha value is -3.74. The Labute approximate surface area is 224 Å². The number of aromatic nitrogens is 3. The summed E-state index contributed by atoms with van der Waals surface area (Å²) in [6.45, 7) is 6.81. The summed E-state index contributed by atoms with van der Waals surface area (Å²) in [4.78, 5) is 29.8. The minimum absolute atomic E-state index is 0.00158. The molecule has 2 heterocycles. The Bertz CT molecular complexity index is 1370. The zero-order chi connectivity index (χ0) is 27.6. The molecule has 38 heavy (non-hydrogen) atoms. The number of carbonyl (C=O) groups is 2. The van der Waals surface area contributed by atoms with Crippen molar-refractivity contribution in [1.82, 2.24) is 19.9 Å². The van der Waals surface area contributed by atoms with Crippen LogP contribution in [0.15, 0.2) is 24.4 Å². The number of rotatable bonds is 7. The number of nitrogens with zero attached hydrogens (tertiary/aromatic N) is 5. The highest BCUT2D eigenvalue weighted by Gasteiger charge is 2.24. The van der Waals surface area contributed by atoms with Crippen molar-refractivity contribution in [2.45, 2.75) is 20.3 Å². The van der Waals surface area contributed by atoms with Crippen LogP contribution in [0.25, 0.3) is 5.69 Å². The van der Waals surface area contributed by atoms with Crippen molar-refractivity contribution in [1.29, 1.82) is 0 Å². The molecule has 2 amide bonds. The van der Waals surface area contributed by atoms with Gasteiger partial charge in [0.2, 0.25) is 5.91 Å². The average Bonchev–Trinajstić information content (AvgIpc) is 3.34. The lowest BCUT2D eigenvalue weighted by atomic mass is 10.1. The van der Waals surface area contributed by atoms with Crippen LogP contribution in [0.4, 0.5) is 27.3 Å². The van der Waals surface area contributed by atoms with Gasteiger partial charge in [-0.05, 0) is 39.1 Å². The Balaban J connectivity index is 1.73. The molecule has 0 saturated carbocycles. The molecular formula is C25H31ClFN9O2. The molecule has 13 heteroatoms. The number of piperazine rings is 1. The van der Waals surface area contributed by atoms with Gasteiger partial charge in [-0.1, -0.05) is 16.8 Å². The molecule has 1 fully saturated rings. The lowest BCUT2D eigenvalue weighted by molar-refractivity contribution is -0.116. The zero-order valence-corrected chi connectivity index (χ0v) is 22.3. The normalized spacial score (nSPS) is 14.0. The molecular weight excluding hydrogens is 513 g/mol. The highest BCUT2D eigenvalue weighted by molar-refractivity contribution is 6.35. The van der Waals surface area contributed by atoms with Gasteiger partial charge in [0.15, 0.2) is 11.6 Å². The summed E-state index contributed by atoms with van der Waals surface area (Å²) in [5.41, 5.74) is 14.0. The summed E-state index contributed by atoms with van der Waals surface area (Å²) >= 11 is 6.33. The van der Waals surface area contributed by atoms with Crippen LogP contribution in [0.5, 0.6) is 0 Å². The number of nitrogens with one attached hydrogen (secondary N) is 2. The fourth-order valence-electron chi connectivity index (χ4n) is 4.32. The third-order valence-corrected chi connectivity index (χ3v) is 7.06. The summed E-state index contributed by atoms with van der Waals surface area (Å²) in [7, 11) is 2.06. The molecule has 1 saturated heterocycles. The van der Waals surface area contributed by atoms with Gasteiger partial charge in [0.25, 0.3) is 5.91 Å². The first-order valence-corrected chi connectivity index (χ1v) is 12.5. The molecule has 0 atom stereocenters. The van der Waals surface area contributed by atoms with Crippen LogP contribution in [0.1, 0.15) is 27.9 Å². The molecule has 202 valence electrons. The number of hydrogen-bond donors (Lipinski definition) is 4. The first-order chi connectivity index (χ1) is 18.1. The minimum atomic E-state index is -0.650. The van der Waals surface area contributed by atoms with Gasteiger partial charge in [-0.15, -0.1) is 5.10 Å². The van der Waals surface area contributed by atoms with Crippen LogP contribution < -0.4 is 27.0 Å². The number of halogens is 2. The van der Waals surface area contributed by atoms with E-state index in [0.717, 1.165) is 31.9 Å². The van der Waals surface area contributed by atoms with E-state index in [1.807, 2.05) is 19.1 Å². The lowest BCUT2D eigenvalue weighted by Gasteiger charge is -2.35. The van der Waals surface area contributed by atoms with E-state index in [1.165, 1.54) is 17.7 Å². The fraction of sp³-hybridized carbons (Fsp3) is 0.360. The van der Waals surface area contributed by atoms with Gasteiger partial charge >= 0.3 is 0 Å². The summed E-state index contributed by atoms with van der Waals surface area (Å²) in [5, 5.41) is 13.8. The molecule has 0 radical (unpaired) electrons. The Morgan fingerprint density at radius 3 is 2.47 bits per heavy atom. The quantitative estimate of drug-likeness (QED) is 0.332. The Morgan fingerprint density at radius 1 is 1.11 bits per heavy atom. The predicted molar refractivity (Wildman–Crippen MR) is 147 cm³/mol. The molecule has 2 aromatic carbocycles. The van der Waals surface area contributed by atoms with Crippen molar-refractivity contribution < 1.29 is 14.0 Å². The number of likely N-dealkylation sites (N-methyl/N-ethyl adjacent to an activating group) is 1. The lowest BCUT2D eigenvalue weighted by Crippen LogP contribution is -2.44. The molecule has 3 aromatic rings. The number of nitrogens with two attached hydrogens (primary N) is 2. The van der Waals surface area contributed by atoms with Gasteiger partial charge in [-0.3, -0.25) is 9.59 Å². The van der Waals surface area contributed by atoms with Crippen LogP contribution in [0.3, 0.4) is 0 Å². The molecule has 1 aromatic heterocycles. The van der Waals surface area contributed by atoms with Gasteiger partial charge < -0.3 is 31.9 Å². The van der Waals surface area contributed by atoms with Crippen molar-refractivity contribution in [3.8, 4) is 5.69 Å². The smallest absolute Gasteiger partial charge is 0.257 e. The average molecular weight is 544 g/mol. The van der Waals surface area contributed by atoms with E-state index < -0.39 is 11.7 Å². The maximum Gasteiger partial charge on any atom is 0.257 e. The number of anilines is 4. The molecule has 11 nitrogen and oxygen atoms in total. The summed E-state index contributed by atoms with van der Waals surface area (Å²) in [6.07, 6.45) is 1.75. The topological polar surface area (TPSA) is 147 Å². The molecule has 0 unspecified atom stereocenters. The summed E-state index contributed by atoms with van der Waals surface area (Å²) < 4.78 is 15.7. The van der Waals surface area contributed by atoms with Crippen molar-refractivity contribution in [3.05, 3.63) is 51.9 Å². The maximum absolute atomic E-state index is 14.2. The van der Waals surface area contributed by atoms with Gasteiger partial charge in [0, 0.05) is 50.3 Å². The number of hydrogen-bond acceptors (Lipinski definition) is 8. The fourth-order valence-corrected chi connectivity index (χ4v) is 4.55. The van der Waals surface area contributed by atoms with Gasteiger partial charge in [-0.25, -0.2) is 9.07 Å². The van der Waals surface area contributed by atoms with E-state index >= 15 is 0 Å². The van der Waals surface area contributed by atoms with Crippen LogP contribution in [0.2, 0.25) is 5.02 Å². The highest BCUT2D eigenvalue weighted by atomic mass is 35.5. The first-order valence-electron chi connectivity index (χ1n) is 12.2. The first kappa shape index (κ1) is 27.3. The number of nitrogen functional groups attached to an aromatic ring is 1. The third-order valence-electron chi connectivity index (χ3n) is 6.57. The molecule has 0 spiro atoms. The van der Waals surface area contributed by atoms with Gasteiger partial charge in [-0.2, -0.15) is 0 Å². The molecule has 0 aliphatic carbocycles. The second-order valence-electron chi connectivity index (χ2n) is 9.25. The van der Waals surface area contributed by atoms with Crippen molar-refractivity contribution in [3.63, 3.8) is 0 Å². The molecule has 6 N–H and O–H groups in total. The van der Waals surface area contributed by atoms with Crippen LogP contribution in [-0.4, -0.2) is 71.5 Å². The predicted octanol–water partition coefficient (Wildman–Crippen LogP) is 2.55. The van der Waals surface area contributed by atoms with Crippen LogP contribution >= 0.6 is 11.6 Å². The van der Waals surface area contributed by atoms with E-state index in [9.17, 15) is 14.0 Å². The Morgan fingerprint density at radius 2 is 1.79 bits per heavy atom. The van der Waals surface area contributed by atoms with Crippen LogP contribution in [0, 0.1) is 19.7 Å². The van der Waals surface area contributed by atoms with E-state index in [0.29, 0.717) is 16.9 Å². The monoisotopic (exact) mass is 543 g/mol. The SMILES string of the molecule is Cc1c(F)c(N)cc(C(=O)Nc2c(N3CCN(C)CC3)ccc(-n3cc(NC(=O)CCN)nn3)c2C)c1Cl. The molecule has 1 aliphatic rings. The maximum atomic E-state index is 14.2. The Kier molecular flexibility index (Phi) is 8.14.